The predicted octanol–water partition coefficient (Wildman–Crippen LogP) is 7.53. The van der Waals surface area contributed by atoms with Gasteiger partial charge in [-0.05, 0) is 56.0 Å². The first-order valence-electron chi connectivity index (χ1n) is 11.9. The van der Waals surface area contributed by atoms with Crippen LogP contribution < -0.4 is 4.72 Å². The van der Waals surface area contributed by atoms with Gasteiger partial charge in [-0.15, -0.1) is 0 Å². The number of carbonyl (C=O) groups is 1. The highest BCUT2D eigenvalue weighted by Gasteiger charge is 2.34. The van der Waals surface area contributed by atoms with E-state index in [1.165, 1.54) is 7.11 Å². The van der Waals surface area contributed by atoms with Crippen LogP contribution in [0.4, 0.5) is 0 Å². The van der Waals surface area contributed by atoms with Crippen LogP contribution in [0.15, 0.2) is 53.4 Å². The zero-order chi connectivity index (χ0) is 25.9. The number of hydrogen-bond acceptors (Lipinski definition) is 4. The first kappa shape index (κ1) is 29.9. The molecule has 1 N–H and O–H groups in total. The highest BCUT2D eigenvalue weighted by Crippen LogP contribution is 2.30. The first-order chi connectivity index (χ1) is 16.5. The number of halogens is 3. The van der Waals surface area contributed by atoms with Gasteiger partial charge in [-0.2, -0.15) is 0 Å². The Bertz CT molecular complexity index is 1030. The Morgan fingerprint density at radius 1 is 0.914 bits per heavy atom. The lowest BCUT2D eigenvalue weighted by molar-refractivity contribution is -0.141. The number of sulfonamides is 1. The molecule has 0 aliphatic rings. The number of ether oxygens (including phenoxy) is 1. The summed E-state index contributed by atoms with van der Waals surface area (Å²) in [6, 6.07) is 13.8. The summed E-state index contributed by atoms with van der Waals surface area (Å²) in [5.74, 6) is -0.617. The third-order valence-corrected chi connectivity index (χ3v) is 8.29. The van der Waals surface area contributed by atoms with Gasteiger partial charge in [0, 0.05) is 11.1 Å². The van der Waals surface area contributed by atoms with Gasteiger partial charge in [0.05, 0.1) is 12.0 Å². The number of rotatable bonds is 15. The van der Waals surface area contributed by atoms with Crippen molar-refractivity contribution in [2.75, 3.05) is 7.11 Å². The first-order valence-corrected chi connectivity index (χ1v) is 14.5. The molecule has 9 heteroatoms. The number of benzene rings is 2. The van der Waals surface area contributed by atoms with Gasteiger partial charge in [-0.1, -0.05) is 103 Å². The van der Waals surface area contributed by atoms with Crippen molar-refractivity contribution < 1.29 is 17.9 Å². The number of methoxy groups -OCH3 is 1. The van der Waals surface area contributed by atoms with Crippen molar-refractivity contribution in [3.63, 3.8) is 0 Å². The van der Waals surface area contributed by atoms with Crippen molar-refractivity contribution in [1.29, 1.82) is 0 Å². The molecule has 0 aromatic heterocycles. The van der Waals surface area contributed by atoms with E-state index in [4.69, 9.17) is 34.8 Å². The van der Waals surface area contributed by atoms with Crippen LogP contribution in [-0.4, -0.2) is 25.8 Å². The molecule has 2 aromatic rings. The molecule has 2 aromatic carbocycles. The standard InChI is InChI=1S/C26H34Cl3NO4S/c1-20-11-17-23(18-12-20)35(32,33)30-24(21-13-15-22(27)16-14-21)10-8-6-4-3-5-7-9-19-26(28,29)25(31)34-2/h11-18,24,30H,3-10,19H2,1-2H3. The molecule has 0 heterocycles. The van der Waals surface area contributed by atoms with Gasteiger partial charge in [-0.25, -0.2) is 17.9 Å². The molecular weight excluding hydrogens is 529 g/mol. The van der Waals surface area contributed by atoms with Gasteiger partial charge in [0.2, 0.25) is 14.4 Å². The number of aryl methyl sites for hydroxylation is 1. The van der Waals surface area contributed by atoms with Gasteiger partial charge in [0.1, 0.15) is 0 Å². The third-order valence-electron chi connectivity index (χ3n) is 5.87. The summed E-state index contributed by atoms with van der Waals surface area (Å²) < 4.78 is 32.0. The van der Waals surface area contributed by atoms with Gasteiger partial charge >= 0.3 is 5.97 Å². The molecule has 0 bridgehead atoms. The Morgan fingerprint density at radius 2 is 1.46 bits per heavy atom. The second-order valence-corrected chi connectivity index (χ2v) is 12.4. The zero-order valence-corrected chi connectivity index (χ0v) is 23.3. The number of alkyl halides is 2. The van der Waals surface area contributed by atoms with E-state index in [-0.39, 0.29) is 10.9 Å². The third kappa shape index (κ3) is 10.3. The fourth-order valence-electron chi connectivity index (χ4n) is 3.79. The monoisotopic (exact) mass is 561 g/mol. The Morgan fingerprint density at radius 3 is 2.03 bits per heavy atom. The number of nitrogens with one attached hydrogen (secondary N) is 1. The van der Waals surface area contributed by atoms with Crippen molar-refractivity contribution in [2.45, 2.75) is 80.0 Å². The smallest absolute Gasteiger partial charge is 0.342 e. The molecule has 0 saturated heterocycles. The van der Waals surface area contributed by atoms with Crippen molar-refractivity contribution in [3.05, 3.63) is 64.7 Å². The molecule has 1 unspecified atom stereocenters. The molecule has 0 saturated carbocycles. The minimum atomic E-state index is -3.65. The molecule has 35 heavy (non-hydrogen) atoms. The molecule has 0 aliphatic carbocycles. The molecule has 0 fully saturated rings. The Balaban J connectivity index is 1.82. The number of carbonyl (C=O) groups excluding carboxylic acids is 1. The van der Waals surface area contributed by atoms with Crippen molar-refractivity contribution in [1.82, 2.24) is 4.72 Å². The summed E-state index contributed by atoms with van der Waals surface area (Å²) >= 11 is 18.0. The summed E-state index contributed by atoms with van der Waals surface area (Å²) in [6.45, 7) is 1.92. The van der Waals surface area contributed by atoms with Crippen molar-refractivity contribution in [3.8, 4) is 0 Å². The second-order valence-electron chi connectivity index (χ2n) is 8.75. The van der Waals surface area contributed by atoms with Crippen LogP contribution in [0, 0.1) is 6.92 Å². The normalized spacial score (nSPS) is 12.9. The fourth-order valence-corrected chi connectivity index (χ4v) is 5.60. The van der Waals surface area contributed by atoms with Gasteiger partial charge < -0.3 is 4.74 Å². The highest BCUT2D eigenvalue weighted by molar-refractivity contribution is 7.89. The molecule has 0 aliphatic heterocycles. The van der Waals surface area contributed by atoms with Crippen LogP contribution in [0.5, 0.6) is 0 Å². The zero-order valence-electron chi connectivity index (χ0n) is 20.2. The van der Waals surface area contributed by atoms with Crippen LogP contribution >= 0.6 is 34.8 Å². The molecule has 2 rings (SSSR count). The van der Waals surface area contributed by atoms with E-state index in [0.29, 0.717) is 17.9 Å². The lowest BCUT2D eigenvalue weighted by atomic mass is 10.00. The highest BCUT2D eigenvalue weighted by atomic mass is 35.5. The molecule has 0 radical (unpaired) electrons. The van der Waals surface area contributed by atoms with Crippen LogP contribution in [0.2, 0.25) is 5.02 Å². The molecule has 1 atom stereocenters. The van der Waals surface area contributed by atoms with Gasteiger partial charge in [0.15, 0.2) is 0 Å². The lowest BCUT2D eigenvalue weighted by Gasteiger charge is -2.20. The van der Waals surface area contributed by atoms with Gasteiger partial charge in [0.25, 0.3) is 0 Å². The summed E-state index contributed by atoms with van der Waals surface area (Å²) in [5, 5.41) is 0.612. The van der Waals surface area contributed by atoms with Crippen LogP contribution in [0.3, 0.4) is 0 Å². The lowest BCUT2D eigenvalue weighted by Crippen LogP contribution is -2.28. The van der Waals surface area contributed by atoms with Crippen LogP contribution in [0.25, 0.3) is 0 Å². The minimum Gasteiger partial charge on any atom is -0.467 e. The van der Waals surface area contributed by atoms with Crippen molar-refractivity contribution in [2.24, 2.45) is 0 Å². The van der Waals surface area contributed by atoms with Crippen LogP contribution in [-0.2, 0) is 19.6 Å². The largest absolute Gasteiger partial charge is 0.467 e. The molecular formula is C26H34Cl3NO4S. The summed E-state index contributed by atoms with van der Waals surface area (Å²) in [5.41, 5.74) is 1.90. The Labute approximate surface area is 224 Å². The summed E-state index contributed by atoms with van der Waals surface area (Å²) in [4.78, 5) is 11.7. The van der Waals surface area contributed by atoms with E-state index in [0.717, 1.165) is 56.1 Å². The topological polar surface area (TPSA) is 72.5 Å². The Kier molecular flexibility index (Phi) is 12.3. The molecule has 0 spiro atoms. The van der Waals surface area contributed by atoms with E-state index in [2.05, 4.69) is 9.46 Å². The van der Waals surface area contributed by atoms with Gasteiger partial charge in [-0.3, -0.25) is 0 Å². The average molecular weight is 563 g/mol. The SMILES string of the molecule is COC(=O)C(Cl)(Cl)CCCCCCCCCC(NS(=O)(=O)c1ccc(C)cc1)c1ccc(Cl)cc1. The van der Waals surface area contributed by atoms with E-state index < -0.39 is 20.3 Å². The minimum absolute atomic E-state index is 0.257. The fraction of sp³-hybridized carbons (Fsp3) is 0.500. The van der Waals surface area contributed by atoms with Crippen LogP contribution in [0.1, 0.15) is 75.0 Å². The number of esters is 1. The Hall–Kier alpha value is -1.31. The van der Waals surface area contributed by atoms with E-state index in [1.54, 1.807) is 36.4 Å². The molecule has 5 nitrogen and oxygen atoms in total. The maximum atomic E-state index is 13.0. The molecule has 0 amide bonds. The predicted molar refractivity (Wildman–Crippen MR) is 144 cm³/mol. The molecule has 194 valence electrons. The maximum absolute atomic E-state index is 13.0. The second kappa shape index (κ2) is 14.4. The summed E-state index contributed by atoms with van der Waals surface area (Å²) in [7, 11) is -2.38. The van der Waals surface area contributed by atoms with E-state index in [1.807, 2.05) is 19.1 Å². The van der Waals surface area contributed by atoms with E-state index >= 15 is 0 Å². The number of hydrogen-bond donors (Lipinski definition) is 1. The van der Waals surface area contributed by atoms with E-state index in [9.17, 15) is 13.2 Å². The van der Waals surface area contributed by atoms with Crippen molar-refractivity contribution >= 4 is 50.8 Å². The quantitative estimate of drug-likeness (QED) is 0.138. The number of unbranched alkanes of at least 4 members (excludes halogenated alkanes) is 6. The maximum Gasteiger partial charge on any atom is 0.342 e. The summed E-state index contributed by atoms with van der Waals surface area (Å²) in [6.07, 6.45) is 7.74. The average Bonchev–Trinajstić information content (AvgIpc) is 2.82.